The van der Waals surface area contributed by atoms with Crippen LogP contribution in [0, 0.1) is 6.92 Å². The van der Waals surface area contributed by atoms with Gasteiger partial charge in [-0.2, -0.15) is 0 Å². The van der Waals surface area contributed by atoms with E-state index < -0.39 is 5.91 Å². The number of amides is 1. The number of aryl methyl sites for hydroxylation is 1. The van der Waals surface area contributed by atoms with Crippen LogP contribution in [0.2, 0.25) is 0 Å². The van der Waals surface area contributed by atoms with Gasteiger partial charge in [0.1, 0.15) is 19.0 Å². The van der Waals surface area contributed by atoms with Gasteiger partial charge in [-0.3, -0.25) is 4.79 Å². The van der Waals surface area contributed by atoms with Crippen molar-refractivity contribution in [3.8, 4) is 23.1 Å². The maximum atomic E-state index is 12.0. The van der Waals surface area contributed by atoms with Gasteiger partial charge in [0.2, 0.25) is 5.88 Å². The summed E-state index contributed by atoms with van der Waals surface area (Å²) in [4.78, 5) is 14.7. The second-order valence-electron chi connectivity index (χ2n) is 6.06. The third kappa shape index (κ3) is 3.55. The van der Waals surface area contributed by atoms with Gasteiger partial charge in [-0.25, -0.2) is 0 Å². The monoisotopic (exact) mass is 367 g/mol. The number of fused-ring (bicyclic) bond motifs is 2. The molecule has 8 heteroatoms. The summed E-state index contributed by atoms with van der Waals surface area (Å²) in [6, 6.07) is 10.8. The Morgan fingerprint density at radius 1 is 1.22 bits per heavy atom. The first-order valence-corrected chi connectivity index (χ1v) is 8.38. The van der Waals surface area contributed by atoms with Crippen molar-refractivity contribution in [2.45, 2.75) is 6.92 Å². The summed E-state index contributed by atoms with van der Waals surface area (Å²) in [5.41, 5.74) is 1.79. The fraction of sp³-hybridized carbons (Fsp3) is 0.211. The molecule has 0 spiro atoms. The molecular weight excluding hydrogens is 350 g/mol. The van der Waals surface area contributed by atoms with Crippen LogP contribution in [0.3, 0.4) is 0 Å². The molecule has 2 heterocycles. The standard InChI is InChI=1S/C19H17N3O5/c1-11-3-2-4-12(7-11)27-10-17(23)21-22-18-13-8-15-16(26-6-5-25-15)9-14(13)20-19(18)24/h2-4,7-9,20,24H,5-6,10H2,1H3. The molecule has 1 aromatic heterocycles. The number of ether oxygens (including phenoxy) is 3. The molecule has 2 N–H and O–H groups in total. The Labute approximate surface area is 154 Å². The van der Waals surface area contributed by atoms with Crippen LogP contribution in [0.1, 0.15) is 5.56 Å². The maximum Gasteiger partial charge on any atom is 0.302 e. The van der Waals surface area contributed by atoms with Crippen LogP contribution in [0.4, 0.5) is 5.69 Å². The summed E-state index contributed by atoms with van der Waals surface area (Å²) >= 11 is 0. The third-order valence-corrected chi connectivity index (χ3v) is 4.03. The number of hydrogen-bond acceptors (Lipinski definition) is 6. The minimum atomic E-state index is -0.567. The number of hydrogen-bond donors (Lipinski definition) is 2. The molecule has 138 valence electrons. The lowest BCUT2D eigenvalue weighted by atomic mass is 10.2. The highest BCUT2D eigenvalue weighted by Crippen LogP contribution is 2.42. The number of benzene rings is 2. The van der Waals surface area contributed by atoms with Crippen LogP contribution in [0.25, 0.3) is 10.9 Å². The van der Waals surface area contributed by atoms with Gasteiger partial charge in [0.25, 0.3) is 0 Å². The van der Waals surface area contributed by atoms with E-state index in [4.69, 9.17) is 14.2 Å². The first-order chi connectivity index (χ1) is 13.1. The molecule has 0 saturated heterocycles. The largest absolute Gasteiger partial charge is 0.493 e. The lowest BCUT2D eigenvalue weighted by molar-refractivity contribution is -0.120. The summed E-state index contributed by atoms with van der Waals surface area (Å²) < 4.78 is 16.4. The van der Waals surface area contributed by atoms with Crippen LogP contribution in [-0.2, 0) is 4.79 Å². The predicted octanol–water partition coefficient (Wildman–Crippen LogP) is 3.64. The Morgan fingerprint density at radius 3 is 2.78 bits per heavy atom. The molecule has 4 rings (SSSR count). The zero-order chi connectivity index (χ0) is 18.8. The smallest absolute Gasteiger partial charge is 0.302 e. The van der Waals surface area contributed by atoms with Gasteiger partial charge in [0, 0.05) is 11.5 Å². The lowest BCUT2D eigenvalue weighted by Gasteiger charge is -2.17. The van der Waals surface area contributed by atoms with Crippen molar-refractivity contribution < 1.29 is 24.1 Å². The van der Waals surface area contributed by atoms with Gasteiger partial charge in [-0.15, -0.1) is 10.2 Å². The number of rotatable bonds is 4. The zero-order valence-corrected chi connectivity index (χ0v) is 14.6. The van der Waals surface area contributed by atoms with Crippen molar-refractivity contribution in [3.05, 3.63) is 42.0 Å². The Kier molecular flexibility index (Phi) is 4.37. The number of aromatic amines is 1. The van der Waals surface area contributed by atoms with E-state index in [1.807, 2.05) is 25.1 Å². The van der Waals surface area contributed by atoms with Gasteiger partial charge in [-0.1, -0.05) is 12.1 Å². The van der Waals surface area contributed by atoms with E-state index in [9.17, 15) is 9.90 Å². The Balaban J connectivity index is 1.52. The van der Waals surface area contributed by atoms with Crippen molar-refractivity contribution in [3.63, 3.8) is 0 Å². The van der Waals surface area contributed by atoms with Crippen molar-refractivity contribution in [2.75, 3.05) is 19.8 Å². The number of aromatic hydroxyl groups is 1. The molecule has 8 nitrogen and oxygen atoms in total. The molecule has 0 bridgehead atoms. The predicted molar refractivity (Wildman–Crippen MR) is 97.2 cm³/mol. The summed E-state index contributed by atoms with van der Waals surface area (Å²) in [5.74, 6) is 0.961. The molecule has 2 aromatic carbocycles. The Hall–Kier alpha value is -3.55. The lowest BCUT2D eigenvalue weighted by Crippen LogP contribution is -2.15. The minimum absolute atomic E-state index is 0.158. The van der Waals surface area contributed by atoms with E-state index in [0.29, 0.717) is 41.4 Å². The molecule has 1 amide bonds. The SMILES string of the molecule is Cc1cccc(OCC(=O)N=Nc2c(O)[nH]c3cc4c(cc23)OCCO4)c1. The number of nitrogens with one attached hydrogen (secondary N) is 1. The minimum Gasteiger partial charge on any atom is -0.493 e. The average Bonchev–Trinajstić information content (AvgIpc) is 2.97. The molecule has 1 aliphatic heterocycles. The number of azo groups is 1. The highest BCUT2D eigenvalue weighted by Gasteiger charge is 2.18. The summed E-state index contributed by atoms with van der Waals surface area (Å²) in [6.45, 7) is 2.60. The highest BCUT2D eigenvalue weighted by atomic mass is 16.6. The van der Waals surface area contributed by atoms with E-state index in [1.54, 1.807) is 18.2 Å². The van der Waals surface area contributed by atoms with E-state index in [-0.39, 0.29) is 18.2 Å². The Bertz CT molecular complexity index is 1040. The van der Waals surface area contributed by atoms with Crippen LogP contribution < -0.4 is 14.2 Å². The number of carbonyl (C=O) groups is 1. The topological polar surface area (TPSA) is 106 Å². The fourth-order valence-electron chi connectivity index (χ4n) is 2.79. The summed E-state index contributed by atoms with van der Waals surface area (Å²) in [5, 5.41) is 18.2. The van der Waals surface area contributed by atoms with Crippen LogP contribution in [-0.4, -0.2) is 35.8 Å². The van der Waals surface area contributed by atoms with Crippen LogP contribution >= 0.6 is 0 Å². The second-order valence-corrected chi connectivity index (χ2v) is 6.06. The van der Waals surface area contributed by atoms with E-state index in [1.165, 1.54) is 0 Å². The first-order valence-electron chi connectivity index (χ1n) is 8.38. The van der Waals surface area contributed by atoms with Gasteiger partial charge in [0.15, 0.2) is 23.8 Å². The van der Waals surface area contributed by atoms with Gasteiger partial charge in [-0.05, 0) is 30.7 Å². The third-order valence-electron chi connectivity index (χ3n) is 4.03. The maximum absolute atomic E-state index is 12.0. The molecular formula is C19H17N3O5. The van der Waals surface area contributed by atoms with Crippen molar-refractivity contribution >= 4 is 22.5 Å². The molecule has 0 atom stereocenters. The molecule has 0 fully saturated rings. The summed E-state index contributed by atoms with van der Waals surface area (Å²) in [6.07, 6.45) is 0. The molecule has 0 saturated carbocycles. The highest BCUT2D eigenvalue weighted by molar-refractivity contribution is 5.96. The van der Waals surface area contributed by atoms with Crippen molar-refractivity contribution in [1.29, 1.82) is 0 Å². The van der Waals surface area contributed by atoms with E-state index in [2.05, 4.69) is 15.2 Å². The number of aromatic nitrogens is 1. The zero-order valence-electron chi connectivity index (χ0n) is 14.6. The fourth-order valence-corrected chi connectivity index (χ4v) is 2.79. The van der Waals surface area contributed by atoms with Gasteiger partial charge >= 0.3 is 5.91 Å². The van der Waals surface area contributed by atoms with Gasteiger partial charge < -0.3 is 24.3 Å². The number of H-pyrrole nitrogens is 1. The molecule has 27 heavy (non-hydrogen) atoms. The van der Waals surface area contributed by atoms with Crippen molar-refractivity contribution in [2.24, 2.45) is 10.2 Å². The molecule has 0 radical (unpaired) electrons. The summed E-state index contributed by atoms with van der Waals surface area (Å²) in [7, 11) is 0. The number of nitrogens with zero attached hydrogens (tertiary/aromatic N) is 2. The molecule has 0 unspecified atom stereocenters. The van der Waals surface area contributed by atoms with Crippen LogP contribution in [0.5, 0.6) is 23.1 Å². The average molecular weight is 367 g/mol. The van der Waals surface area contributed by atoms with Crippen molar-refractivity contribution in [1.82, 2.24) is 4.98 Å². The van der Waals surface area contributed by atoms with Crippen LogP contribution in [0.15, 0.2) is 46.6 Å². The van der Waals surface area contributed by atoms with Gasteiger partial charge in [0.05, 0.1) is 5.52 Å². The molecule has 3 aromatic rings. The second kappa shape index (κ2) is 6.99. The van der Waals surface area contributed by atoms with E-state index >= 15 is 0 Å². The quantitative estimate of drug-likeness (QED) is 0.685. The Morgan fingerprint density at radius 2 is 2.00 bits per heavy atom. The molecule has 0 aliphatic carbocycles. The molecule has 1 aliphatic rings. The number of carbonyl (C=O) groups excluding carboxylic acids is 1. The normalized spacial score (nSPS) is 13.2. The van der Waals surface area contributed by atoms with E-state index in [0.717, 1.165) is 5.56 Å². The first kappa shape index (κ1) is 16.9.